The number of nitrogens with zero attached hydrogens (tertiary/aromatic N) is 1. The maximum absolute atomic E-state index is 13.4. The van der Waals surface area contributed by atoms with Gasteiger partial charge in [0.25, 0.3) is 5.91 Å². The number of amides is 1. The maximum Gasteiger partial charge on any atom is 0.256 e. The average molecular weight is 517 g/mol. The molecule has 3 aromatic carbocycles. The highest BCUT2D eigenvalue weighted by Crippen LogP contribution is 2.33. The van der Waals surface area contributed by atoms with E-state index in [1.807, 2.05) is 36.4 Å². The molecule has 0 radical (unpaired) electrons. The summed E-state index contributed by atoms with van der Waals surface area (Å²) in [6.45, 7) is 3.22. The lowest BCUT2D eigenvalue weighted by Crippen LogP contribution is -2.16. The van der Waals surface area contributed by atoms with E-state index in [0.717, 1.165) is 33.1 Å². The van der Waals surface area contributed by atoms with Gasteiger partial charge in [-0.25, -0.2) is 4.98 Å². The molecule has 1 aliphatic heterocycles. The monoisotopic (exact) mass is 516 g/mol. The second kappa shape index (κ2) is 9.85. The van der Waals surface area contributed by atoms with Crippen molar-refractivity contribution in [2.24, 2.45) is 0 Å². The first-order valence-electron chi connectivity index (χ1n) is 11.5. The van der Waals surface area contributed by atoms with Crippen LogP contribution in [0.3, 0.4) is 0 Å². The second-order valence-electron chi connectivity index (χ2n) is 8.33. The summed E-state index contributed by atoms with van der Waals surface area (Å²) in [4.78, 5) is 18.3. The molecule has 5 nitrogen and oxygen atoms in total. The van der Waals surface area contributed by atoms with E-state index in [9.17, 15) is 4.79 Å². The summed E-state index contributed by atoms with van der Waals surface area (Å²) < 4.78 is 12.1. The predicted octanol–water partition coefficient (Wildman–Crippen LogP) is 7.03. The van der Waals surface area contributed by atoms with Gasteiger partial charge < -0.3 is 14.8 Å². The third kappa shape index (κ3) is 4.77. The molecule has 0 unspecified atom stereocenters. The molecule has 1 aromatic heterocycles. The molecule has 0 aliphatic carbocycles. The van der Waals surface area contributed by atoms with Crippen LogP contribution in [0.25, 0.3) is 22.2 Å². The van der Waals surface area contributed by atoms with Gasteiger partial charge in [0.2, 0.25) is 0 Å². The lowest BCUT2D eigenvalue weighted by molar-refractivity contribution is 0.102. The van der Waals surface area contributed by atoms with Gasteiger partial charge in [-0.05, 0) is 54.8 Å². The molecule has 1 aliphatic rings. The summed E-state index contributed by atoms with van der Waals surface area (Å²) in [5.41, 5.74) is 5.04. The van der Waals surface area contributed by atoms with Gasteiger partial charge in [0.15, 0.2) is 11.5 Å². The highest BCUT2D eigenvalue weighted by Gasteiger charge is 2.17. The van der Waals surface area contributed by atoms with Crippen molar-refractivity contribution in [2.75, 3.05) is 18.5 Å². The Morgan fingerprint density at radius 3 is 2.56 bits per heavy atom. The third-order valence-corrected chi connectivity index (χ3v) is 6.38. The first kappa shape index (κ1) is 22.4. The van der Waals surface area contributed by atoms with Gasteiger partial charge in [0.05, 0.1) is 16.8 Å². The number of carbonyl (C=O) groups is 1. The number of ether oxygens (including phenoxy) is 2. The standard InChI is InChI=1S/C28H25BrN2O3/c1-2-3-4-18-5-7-19(8-6-18)25-17-23(22-15-20(29)9-11-24(22)31-25)28(32)30-21-10-12-26-27(16-21)34-14-13-33-26/h5-12,15-17H,2-4,13-14H2,1H3,(H,30,32). The van der Waals surface area contributed by atoms with Crippen LogP contribution in [-0.4, -0.2) is 24.1 Å². The molecule has 0 bridgehead atoms. The highest BCUT2D eigenvalue weighted by atomic mass is 79.9. The van der Waals surface area contributed by atoms with E-state index in [2.05, 4.69) is 52.4 Å². The first-order chi connectivity index (χ1) is 16.6. The van der Waals surface area contributed by atoms with Crippen molar-refractivity contribution in [1.29, 1.82) is 0 Å². The molecule has 0 atom stereocenters. The van der Waals surface area contributed by atoms with Crippen molar-refractivity contribution in [3.05, 3.63) is 82.3 Å². The number of fused-ring (bicyclic) bond motifs is 2. The van der Waals surface area contributed by atoms with E-state index in [1.54, 1.807) is 6.07 Å². The van der Waals surface area contributed by atoms with E-state index in [0.29, 0.717) is 36.0 Å². The number of hydrogen-bond donors (Lipinski definition) is 1. The van der Waals surface area contributed by atoms with Crippen molar-refractivity contribution >= 4 is 38.4 Å². The molecule has 0 spiro atoms. The number of aromatic nitrogens is 1. The zero-order valence-corrected chi connectivity index (χ0v) is 20.5. The van der Waals surface area contributed by atoms with Crippen molar-refractivity contribution < 1.29 is 14.3 Å². The highest BCUT2D eigenvalue weighted by molar-refractivity contribution is 9.10. The fourth-order valence-corrected chi connectivity index (χ4v) is 4.44. The molecule has 5 rings (SSSR count). The molecular weight excluding hydrogens is 492 g/mol. The predicted molar refractivity (Wildman–Crippen MR) is 139 cm³/mol. The topological polar surface area (TPSA) is 60.5 Å². The molecule has 1 N–H and O–H groups in total. The Labute approximate surface area is 207 Å². The zero-order chi connectivity index (χ0) is 23.5. The molecular formula is C28H25BrN2O3. The van der Waals surface area contributed by atoms with Crippen LogP contribution in [0.15, 0.2) is 71.2 Å². The SMILES string of the molecule is CCCCc1ccc(-c2cc(C(=O)Nc3ccc4c(c3)OCCO4)c3cc(Br)ccc3n2)cc1. The number of rotatable bonds is 6. The average Bonchev–Trinajstić information content (AvgIpc) is 2.87. The number of benzene rings is 3. The Morgan fingerprint density at radius 1 is 0.971 bits per heavy atom. The van der Waals surface area contributed by atoms with Gasteiger partial charge in [-0.1, -0.05) is 53.5 Å². The number of pyridine rings is 1. The summed E-state index contributed by atoms with van der Waals surface area (Å²) in [5.74, 6) is 1.12. The fourth-order valence-electron chi connectivity index (χ4n) is 4.08. The quantitative estimate of drug-likeness (QED) is 0.298. The Morgan fingerprint density at radius 2 is 1.76 bits per heavy atom. The van der Waals surface area contributed by atoms with Gasteiger partial charge in [-0.2, -0.15) is 0 Å². The molecule has 172 valence electrons. The minimum absolute atomic E-state index is 0.206. The minimum Gasteiger partial charge on any atom is -0.486 e. The summed E-state index contributed by atoms with van der Waals surface area (Å²) in [6, 6.07) is 21.6. The molecule has 1 amide bonds. The van der Waals surface area contributed by atoms with Gasteiger partial charge >= 0.3 is 0 Å². The van der Waals surface area contributed by atoms with E-state index in [4.69, 9.17) is 14.5 Å². The van der Waals surface area contributed by atoms with Gasteiger partial charge in [0, 0.05) is 27.2 Å². The van der Waals surface area contributed by atoms with Crippen LogP contribution >= 0.6 is 15.9 Å². The number of carbonyl (C=O) groups excluding carboxylic acids is 1. The lowest BCUT2D eigenvalue weighted by Gasteiger charge is -2.19. The van der Waals surface area contributed by atoms with E-state index < -0.39 is 0 Å². The van der Waals surface area contributed by atoms with E-state index in [-0.39, 0.29) is 5.91 Å². The summed E-state index contributed by atoms with van der Waals surface area (Å²) in [6.07, 6.45) is 3.41. The molecule has 0 saturated carbocycles. The molecule has 2 heterocycles. The summed E-state index contributed by atoms with van der Waals surface area (Å²) in [7, 11) is 0. The largest absolute Gasteiger partial charge is 0.486 e. The van der Waals surface area contributed by atoms with Crippen LogP contribution in [0.1, 0.15) is 35.7 Å². The fraction of sp³-hybridized carbons (Fsp3) is 0.214. The maximum atomic E-state index is 13.4. The van der Waals surface area contributed by atoms with Crippen molar-refractivity contribution in [3.63, 3.8) is 0 Å². The lowest BCUT2D eigenvalue weighted by atomic mass is 10.0. The molecule has 0 fully saturated rings. The van der Waals surface area contributed by atoms with Crippen LogP contribution in [0.4, 0.5) is 5.69 Å². The number of nitrogens with one attached hydrogen (secondary N) is 1. The number of halogens is 1. The summed E-state index contributed by atoms with van der Waals surface area (Å²) in [5, 5.41) is 3.80. The molecule has 6 heteroatoms. The van der Waals surface area contributed by atoms with Gasteiger partial charge in [-0.3, -0.25) is 4.79 Å². The number of unbranched alkanes of at least 4 members (excludes halogenated alkanes) is 1. The van der Waals surface area contributed by atoms with Crippen LogP contribution in [0.5, 0.6) is 11.5 Å². The normalized spacial score (nSPS) is 12.5. The van der Waals surface area contributed by atoms with Crippen LogP contribution in [0.2, 0.25) is 0 Å². The zero-order valence-electron chi connectivity index (χ0n) is 18.9. The Balaban J connectivity index is 1.50. The number of aryl methyl sites for hydroxylation is 1. The summed E-state index contributed by atoms with van der Waals surface area (Å²) >= 11 is 3.53. The van der Waals surface area contributed by atoms with Crippen molar-refractivity contribution in [3.8, 4) is 22.8 Å². The molecule has 34 heavy (non-hydrogen) atoms. The first-order valence-corrected chi connectivity index (χ1v) is 12.3. The van der Waals surface area contributed by atoms with Crippen LogP contribution in [0, 0.1) is 0 Å². The van der Waals surface area contributed by atoms with Gasteiger partial charge in [0.1, 0.15) is 13.2 Å². The van der Waals surface area contributed by atoms with Crippen LogP contribution in [-0.2, 0) is 6.42 Å². The number of anilines is 1. The number of hydrogen-bond acceptors (Lipinski definition) is 4. The van der Waals surface area contributed by atoms with Crippen molar-refractivity contribution in [1.82, 2.24) is 4.98 Å². The van der Waals surface area contributed by atoms with Crippen LogP contribution < -0.4 is 14.8 Å². The van der Waals surface area contributed by atoms with E-state index in [1.165, 1.54) is 18.4 Å². The smallest absolute Gasteiger partial charge is 0.256 e. The molecule has 0 saturated heterocycles. The minimum atomic E-state index is -0.206. The van der Waals surface area contributed by atoms with Gasteiger partial charge in [-0.15, -0.1) is 0 Å². The Hall–Kier alpha value is -3.38. The van der Waals surface area contributed by atoms with E-state index >= 15 is 0 Å². The molecule has 4 aromatic rings. The van der Waals surface area contributed by atoms with Crippen molar-refractivity contribution in [2.45, 2.75) is 26.2 Å². The second-order valence-corrected chi connectivity index (χ2v) is 9.25. The Kier molecular flexibility index (Phi) is 6.50. The third-order valence-electron chi connectivity index (χ3n) is 5.88. The Bertz CT molecular complexity index is 1350.